The molecule has 0 atom stereocenters. The van der Waals surface area contributed by atoms with Crippen LogP contribution in [0.25, 0.3) is 0 Å². The Balaban J connectivity index is 2.56. The Morgan fingerprint density at radius 2 is 1.79 bits per heavy atom. The van der Waals surface area contributed by atoms with Gasteiger partial charge in [0, 0.05) is 6.42 Å². The normalized spacial score (nSPS) is 9.79. The number of carbonyl (C=O) groups is 2. The van der Waals surface area contributed by atoms with Crippen LogP contribution in [0.4, 0.5) is 4.39 Å². The number of hydrogen-bond acceptors (Lipinski definition) is 2. The van der Waals surface area contributed by atoms with E-state index in [0.717, 1.165) is 0 Å². The molecule has 0 fully saturated rings. The number of benzene rings is 1. The molecule has 0 heterocycles. The number of aliphatic carboxylic acids is 1. The zero-order chi connectivity index (χ0) is 10.6. The van der Waals surface area contributed by atoms with Crippen LogP contribution in [-0.4, -0.2) is 16.9 Å². The molecule has 1 aromatic carbocycles. The minimum atomic E-state index is -1.14. The fourth-order valence-corrected chi connectivity index (χ4v) is 1.06. The maximum atomic E-state index is 12.5. The lowest BCUT2D eigenvalue weighted by molar-refractivity contribution is -0.140. The first-order valence-electron chi connectivity index (χ1n) is 4.06. The first-order valence-corrected chi connectivity index (χ1v) is 4.06. The van der Waals surface area contributed by atoms with Gasteiger partial charge in [-0.3, -0.25) is 9.59 Å². The zero-order valence-corrected chi connectivity index (χ0v) is 7.37. The first kappa shape index (κ1) is 10.4. The fourth-order valence-electron chi connectivity index (χ4n) is 1.06. The molecule has 0 bridgehead atoms. The van der Waals surface area contributed by atoms with Crippen LogP contribution >= 0.6 is 0 Å². The van der Waals surface area contributed by atoms with E-state index in [0.29, 0.717) is 5.56 Å². The molecule has 0 aromatic heterocycles. The SMILES string of the molecule is O=C(O)CC(=O)Cc1ccc(F)cc1. The molecular weight excluding hydrogens is 187 g/mol. The fraction of sp³-hybridized carbons (Fsp3) is 0.200. The molecule has 0 aliphatic heterocycles. The van der Waals surface area contributed by atoms with E-state index >= 15 is 0 Å². The summed E-state index contributed by atoms with van der Waals surface area (Å²) in [6.07, 6.45) is -0.454. The van der Waals surface area contributed by atoms with Gasteiger partial charge in [-0.2, -0.15) is 0 Å². The lowest BCUT2D eigenvalue weighted by Crippen LogP contribution is -2.09. The Hall–Kier alpha value is -1.71. The second kappa shape index (κ2) is 4.50. The van der Waals surface area contributed by atoms with Gasteiger partial charge in [0.25, 0.3) is 0 Å². The second-order valence-corrected chi connectivity index (χ2v) is 2.91. The predicted octanol–water partition coefficient (Wildman–Crippen LogP) is 1.41. The van der Waals surface area contributed by atoms with Crippen molar-refractivity contribution in [3.05, 3.63) is 35.6 Å². The highest BCUT2D eigenvalue weighted by Crippen LogP contribution is 2.04. The number of carbonyl (C=O) groups excluding carboxylic acids is 1. The zero-order valence-electron chi connectivity index (χ0n) is 7.37. The van der Waals surface area contributed by atoms with E-state index in [1.807, 2.05) is 0 Å². The quantitative estimate of drug-likeness (QED) is 0.741. The maximum Gasteiger partial charge on any atom is 0.310 e. The van der Waals surface area contributed by atoms with Crippen LogP contribution in [0.3, 0.4) is 0 Å². The monoisotopic (exact) mass is 196 g/mol. The highest BCUT2D eigenvalue weighted by molar-refractivity contribution is 5.95. The van der Waals surface area contributed by atoms with E-state index in [1.165, 1.54) is 24.3 Å². The van der Waals surface area contributed by atoms with Crippen LogP contribution in [-0.2, 0) is 16.0 Å². The summed E-state index contributed by atoms with van der Waals surface area (Å²) < 4.78 is 12.5. The van der Waals surface area contributed by atoms with Gasteiger partial charge in [-0.05, 0) is 17.7 Å². The minimum absolute atomic E-state index is 0.0343. The third kappa shape index (κ3) is 3.35. The van der Waals surface area contributed by atoms with Crippen molar-refractivity contribution in [3.8, 4) is 0 Å². The van der Waals surface area contributed by atoms with Crippen molar-refractivity contribution in [3.63, 3.8) is 0 Å². The van der Waals surface area contributed by atoms with Crippen molar-refractivity contribution >= 4 is 11.8 Å². The smallest absolute Gasteiger partial charge is 0.310 e. The van der Waals surface area contributed by atoms with E-state index in [4.69, 9.17) is 5.11 Å². The lowest BCUT2D eigenvalue weighted by atomic mass is 10.1. The molecule has 1 N–H and O–H groups in total. The summed E-state index contributed by atoms with van der Waals surface area (Å²) in [5.74, 6) is -1.90. The van der Waals surface area contributed by atoms with Gasteiger partial charge in [-0.1, -0.05) is 12.1 Å². The molecule has 14 heavy (non-hydrogen) atoms. The summed E-state index contributed by atoms with van der Waals surface area (Å²) in [4.78, 5) is 21.2. The summed E-state index contributed by atoms with van der Waals surface area (Å²) in [6, 6.07) is 5.41. The molecule has 1 rings (SSSR count). The standard InChI is InChI=1S/C10H9FO3/c11-8-3-1-7(2-4-8)5-9(12)6-10(13)14/h1-4H,5-6H2,(H,13,14). The second-order valence-electron chi connectivity index (χ2n) is 2.91. The van der Waals surface area contributed by atoms with Gasteiger partial charge in [0.2, 0.25) is 0 Å². The Morgan fingerprint density at radius 3 is 2.29 bits per heavy atom. The van der Waals surface area contributed by atoms with E-state index in [2.05, 4.69) is 0 Å². The number of halogens is 1. The van der Waals surface area contributed by atoms with Gasteiger partial charge in [0.15, 0.2) is 0 Å². The highest BCUT2D eigenvalue weighted by atomic mass is 19.1. The molecule has 1 aromatic rings. The Labute approximate surface area is 80.2 Å². The average Bonchev–Trinajstić information content (AvgIpc) is 2.07. The number of carboxylic acid groups (broad SMARTS) is 1. The molecule has 0 amide bonds. The van der Waals surface area contributed by atoms with E-state index < -0.39 is 12.4 Å². The molecule has 0 saturated carbocycles. The third-order valence-corrected chi connectivity index (χ3v) is 1.66. The van der Waals surface area contributed by atoms with Crippen LogP contribution in [0.1, 0.15) is 12.0 Å². The molecule has 0 saturated heterocycles. The molecule has 0 aliphatic rings. The topological polar surface area (TPSA) is 54.4 Å². The molecule has 0 aliphatic carbocycles. The summed E-state index contributed by atoms with van der Waals surface area (Å²) in [7, 11) is 0. The van der Waals surface area contributed by atoms with Gasteiger partial charge in [0.1, 0.15) is 18.0 Å². The van der Waals surface area contributed by atoms with E-state index in [9.17, 15) is 14.0 Å². The molecule has 3 nitrogen and oxygen atoms in total. The van der Waals surface area contributed by atoms with Crippen molar-refractivity contribution < 1.29 is 19.1 Å². The van der Waals surface area contributed by atoms with Gasteiger partial charge < -0.3 is 5.11 Å². The van der Waals surface area contributed by atoms with E-state index in [-0.39, 0.29) is 18.0 Å². The molecule has 0 spiro atoms. The Bertz CT molecular complexity index is 343. The summed E-state index contributed by atoms with van der Waals surface area (Å²) in [5, 5.41) is 8.33. The molecule has 4 heteroatoms. The molecular formula is C10H9FO3. The van der Waals surface area contributed by atoms with Crippen molar-refractivity contribution in [1.29, 1.82) is 0 Å². The Kier molecular flexibility index (Phi) is 3.34. The number of ketones is 1. The minimum Gasteiger partial charge on any atom is -0.481 e. The maximum absolute atomic E-state index is 12.5. The van der Waals surface area contributed by atoms with Crippen LogP contribution in [0.2, 0.25) is 0 Å². The molecule has 74 valence electrons. The van der Waals surface area contributed by atoms with Crippen LogP contribution in [0.5, 0.6) is 0 Å². The van der Waals surface area contributed by atoms with Crippen molar-refractivity contribution in [1.82, 2.24) is 0 Å². The largest absolute Gasteiger partial charge is 0.481 e. The Morgan fingerprint density at radius 1 is 1.21 bits per heavy atom. The third-order valence-electron chi connectivity index (χ3n) is 1.66. The van der Waals surface area contributed by atoms with E-state index in [1.54, 1.807) is 0 Å². The van der Waals surface area contributed by atoms with Crippen molar-refractivity contribution in [2.24, 2.45) is 0 Å². The number of hydrogen-bond donors (Lipinski definition) is 1. The summed E-state index contributed by atoms with van der Waals surface area (Å²) >= 11 is 0. The van der Waals surface area contributed by atoms with Gasteiger partial charge in [0.05, 0.1) is 0 Å². The summed E-state index contributed by atoms with van der Waals surface area (Å²) in [6.45, 7) is 0. The van der Waals surface area contributed by atoms with Crippen LogP contribution in [0.15, 0.2) is 24.3 Å². The molecule has 0 unspecified atom stereocenters. The van der Waals surface area contributed by atoms with Crippen LogP contribution < -0.4 is 0 Å². The van der Waals surface area contributed by atoms with Crippen molar-refractivity contribution in [2.45, 2.75) is 12.8 Å². The summed E-state index contributed by atoms with van der Waals surface area (Å²) in [5.41, 5.74) is 0.623. The highest BCUT2D eigenvalue weighted by Gasteiger charge is 2.08. The number of rotatable bonds is 4. The van der Waals surface area contributed by atoms with Crippen molar-refractivity contribution in [2.75, 3.05) is 0 Å². The number of Topliss-reactive ketones (excluding diaryl/α,β-unsaturated/α-hetero) is 1. The predicted molar refractivity (Wildman–Crippen MR) is 47.4 cm³/mol. The first-order chi connectivity index (χ1) is 6.58. The number of carboxylic acids is 1. The lowest BCUT2D eigenvalue weighted by Gasteiger charge is -1.98. The van der Waals surface area contributed by atoms with Crippen LogP contribution in [0, 0.1) is 5.82 Å². The van der Waals surface area contributed by atoms with Gasteiger partial charge in [-0.25, -0.2) is 4.39 Å². The average molecular weight is 196 g/mol. The molecule has 0 radical (unpaired) electrons. The van der Waals surface area contributed by atoms with Gasteiger partial charge in [-0.15, -0.1) is 0 Å². The van der Waals surface area contributed by atoms with Gasteiger partial charge >= 0.3 is 5.97 Å².